The number of nitrogens with zero attached hydrogens (tertiary/aromatic N) is 1. The number of amides is 1. The second-order valence-corrected chi connectivity index (χ2v) is 16.4. The van der Waals surface area contributed by atoms with Crippen LogP contribution >= 0.6 is 0 Å². The average Bonchev–Trinajstić information content (AvgIpc) is 3.21. The highest BCUT2D eigenvalue weighted by Gasteiger charge is 2.53. The van der Waals surface area contributed by atoms with E-state index < -0.39 is 36.6 Å². The van der Waals surface area contributed by atoms with Crippen molar-refractivity contribution in [2.45, 2.75) is 49.8 Å². The van der Waals surface area contributed by atoms with Crippen LogP contribution in [0.5, 0.6) is 0 Å². The molecule has 4 rings (SSSR count). The van der Waals surface area contributed by atoms with Gasteiger partial charge in [0.15, 0.2) is 6.10 Å². The van der Waals surface area contributed by atoms with Crippen LogP contribution in [0.4, 0.5) is 4.79 Å². The maximum atomic E-state index is 13.4. The lowest BCUT2D eigenvalue weighted by atomic mass is 10.2. The molecular weight excluding hydrogens is 502 g/mol. The Morgan fingerprint density at radius 2 is 1.46 bits per heavy atom. The minimum absolute atomic E-state index is 0.0234. The quantitative estimate of drug-likeness (QED) is 0.311. The summed E-state index contributed by atoms with van der Waals surface area (Å²) in [7, 11) is -7.05. The Morgan fingerprint density at radius 3 is 1.92 bits per heavy atom. The lowest BCUT2D eigenvalue weighted by molar-refractivity contribution is 0.0939. The van der Waals surface area contributed by atoms with Crippen molar-refractivity contribution < 1.29 is 22.4 Å². The van der Waals surface area contributed by atoms with Crippen molar-refractivity contribution in [1.82, 2.24) is 4.31 Å². The first-order chi connectivity index (χ1) is 17.5. The Bertz CT molecular complexity index is 1310. The summed E-state index contributed by atoms with van der Waals surface area (Å²) in [6.07, 6.45) is -0.330. The summed E-state index contributed by atoms with van der Waals surface area (Å²) in [6, 6.07) is 25.7. The Balaban J connectivity index is 1.71. The van der Waals surface area contributed by atoms with Crippen LogP contribution in [-0.4, -0.2) is 45.9 Å². The number of ether oxygens (including phenoxy) is 1. The standard InChI is InChI=1S/C29H33NO5SSi/c1-6-26-27(35-28(31)30(26)36(32,33)23-19-17-22(2)18-20-23)21-34-37(29(3,4)5,24-13-9-7-10-14-24)25-15-11-8-12-16-25/h6-20,26-27H,1,21H2,2-5H3/t26-,27-/m1/s1. The van der Waals surface area contributed by atoms with Gasteiger partial charge in [0.25, 0.3) is 18.3 Å². The highest BCUT2D eigenvalue weighted by Crippen LogP contribution is 2.38. The molecule has 194 valence electrons. The number of cyclic esters (lactones) is 1. The van der Waals surface area contributed by atoms with Gasteiger partial charge in [0.05, 0.1) is 11.5 Å². The lowest BCUT2D eigenvalue weighted by Gasteiger charge is -2.43. The van der Waals surface area contributed by atoms with Gasteiger partial charge in [-0.15, -0.1) is 6.58 Å². The molecule has 6 nitrogen and oxygen atoms in total. The number of sulfonamides is 1. The van der Waals surface area contributed by atoms with E-state index in [2.05, 4.69) is 51.6 Å². The van der Waals surface area contributed by atoms with E-state index in [0.29, 0.717) is 0 Å². The van der Waals surface area contributed by atoms with Crippen LogP contribution in [0.15, 0.2) is 102 Å². The van der Waals surface area contributed by atoms with Crippen molar-refractivity contribution in [3.8, 4) is 0 Å². The Morgan fingerprint density at radius 1 is 0.946 bits per heavy atom. The third-order valence-corrected chi connectivity index (χ3v) is 13.6. The van der Waals surface area contributed by atoms with Crippen molar-refractivity contribution in [1.29, 1.82) is 0 Å². The molecular formula is C29H33NO5SSi. The maximum Gasteiger partial charge on any atom is 0.424 e. The number of carbonyl (C=O) groups is 1. The summed E-state index contributed by atoms with van der Waals surface area (Å²) in [5.41, 5.74) is 0.916. The molecule has 3 aromatic carbocycles. The number of aryl methyl sites for hydroxylation is 1. The summed E-state index contributed by atoms with van der Waals surface area (Å²) in [5.74, 6) is 0. The molecule has 0 saturated carbocycles. The van der Waals surface area contributed by atoms with Gasteiger partial charge in [0.2, 0.25) is 0 Å². The van der Waals surface area contributed by atoms with Crippen LogP contribution in [-0.2, 0) is 19.2 Å². The molecule has 1 aliphatic heterocycles. The number of hydrogen-bond donors (Lipinski definition) is 0. The molecule has 0 N–H and O–H groups in total. The predicted octanol–water partition coefficient (Wildman–Crippen LogP) is 4.64. The third kappa shape index (κ3) is 4.89. The molecule has 1 fully saturated rings. The topological polar surface area (TPSA) is 72.9 Å². The molecule has 0 bridgehead atoms. The fourth-order valence-corrected chi connectivity index (χ4v) is 11.0. The van der Waals surface area contributed by atoms with E-state index >= 15 is 0 Å². The van der Waals surface area contributed by atoms with E-state index in [0.717, 1.165) is 20.2 Å². The van der Waals surface area contributed by atoms with E-state index in [1.54, 1.807) is 12.1 Å². The Kier molecular flexibility index (Phi) is 7.46. The van der Waals surface area contributed by atoms with Crippen LogP contribution in [0.3, 0.4) is 0 Å². The number of hydrogen-bond acceptors (Lipinski definition) is 5. The van der Waals surface area contributed by atoms with Crippen molar-refractivity contribution in [3.63, 3.8) is 0 Å². The smallest absolute Gasteiger partial charge is 0.424 e. The van der Waals surface area contributed by atoms with E-state index in [1.807, 2.05) is 43.3 Å². The van der Waals surface area contributed by atoms with Crippen LogP contribution < -0.4 is 10.4 Å². The first-order valence-electron chi connectivity index (χ1n) is 12.2. The molecule has 3 aromatic rings. The first kappa shape index (κ1) is 26.8. The molecule has 37 heavy (non-hydrogen) atoms. The zero-order valence-corrected chi connectivity index (χ0v) is 23.4. The molecule has 1 heterocycles. The van der Waals surface area contributed by atoms with Crippen molar-refractivity contribution in [2.24, 2.45) is 0 Å². The number of carbonyl (C=O) groups excluding carboxylic acids is 1. The fraction of sp³-hybridized carbons (Fsp3) is 0.276. The first-order valence-corrected chi connectivity index (χ1v) is 15.6. The van der Waals surface area contributed by atoms with E-state index in [4.69, 9.17) is 9.16 Å². The molecule has 8 heteroatoms. The molecule has 1 saturated heterocycles. The van der Waals surface area contributed by atoms with Gasteiger partial charge in [-0.2, -0.15) is 4.31 Å². The molecule has 0 aliphatic carbocycles. The highest BCUT2D eigenvalue weighted by atomic mass is 32.2. The van der Waals surface area contributed by atoms with Gasteiger partial charge in [-0.05, 0) is 34.5 Å². The second kappa shape index (κ2) is 10.3. The van der Waals surface area contributed by atoms with Gasteiger partial charge in [-0.3, -0.25) is 0 Å². The van der Waals surface area contributed by atoms with Gasteiger partial charge >= 0.3 is 6.09 Å². The van der Waals surface area contributed by atoms with Gasteiger partial charge in [0, 0.05) is 0 Å². The summed E-state index contributed by atoms with van der Waals surface area (Å²) < 4.78 is 40.1. The molecule has 1 amide bonds. The predicted molar refractivity (Wildman–Crippen MR) is 148 cm³/mol. The third-order valence-electron chi connectivity index (χ3n) is 6.78. The molecule has 0 aromatic heterocycles. The molecule has 1 aliphatic rings. The van der Waals surface area contributed by atoms with Crippen LogP contribution in [0.25, 0.3) is 0 Å². The zero-order valence-electron chi connectivity index (χ0n) is 21.6. The lowest BCUT2D eigenvalue weighted by Crippen LogP contribution is -2.67. The monoisotopic (exact) mass is 535 g/mol. The summed E-state index contributed by atoms with van der Waals surface area (Å²) in [4.78, 5) is 13.0. The van der Waals surface area contributed by atoms with Crippen molar-refractivity contribution >= 4 is 34.8 Å². The van der Waals surface area contributed by atoms with Gasteiger partial charge < -0.3 is 9.16 Å². The fourth-order valence-electron chi connectivity index (χ4n) is 4.95. The zero-order chi connectivity index (χ0) is 26.8. The van der Waals surface area contributed by atoms with Crippen LogP contribution in [0, 0.1) is 6.92 Å². The van der Waals surface area contributed by atoms with E-state index in [9.17, 15) is 13.2 Å². The Hall–Kier alpha value is -3.20. The minimum Gasteiger partial charge on any atom is -0.440 e. The van der Waals surface area contributed by atoms with Gasteiger partial charge in [0.1, 0.15) is 6.04 Å². The molecule has 0 spiro atoms. The normalized spacial score (nSPS) is 18.5. The summed E-state index contributed by atoms with van der Waals surface area (Å²) in [6.45, 7) is 12.2. The van der Waals surface area contributed by atoms with E-state index in [1.165, 1.54) is 18.2 Å². The summed E-state index contributed by atoms with van der Waals surface area (Å²) in [5, 5.41) is 1.88. The number of benzene rings is 3. The van der Waals surface area contributed by atoms with Crippen molar-refractivity contribution in [2.75, 3.05) is 6.61 Å². The van der Waals surface area contributed by atoms with Gasteiger partial charge in [-0.1, -0.05) is 105 Å². The SMILES string of the molecule is C=C[C@@H]1[C@@H](CO[Si](c2ccccc2)(c2ccccc2)C(C)(C)C)OC(=O)N1S(=O)(=O)c1ccc(C)cc1. The largest absolute Gasteiger partial charge is 0.440 e. The average molecular weight is 536 g/mol. The second-order valence-electron chi connectivity index (χ2n) is 10.2. The minimum atomic E-state index is -4.14. The van der Waals surface area contributed by atoms with Crippen LogP contribution in [0.1, 0.15) is 26.3 Å². The maximum absolute atomic E-state index is 13.4. The van der Waals surface area contributed by atoms with Crippen molar-refractivity contribution in [3.05, 3.63) is 103 Å². The number of rotatable bonds is 8. The van der Waals surface area contributed by atoms with Gasteiger partial charge in [-0.25, -0.2) is 13.2 Å². The van der Waals surface area contributed by atoms with E-state index in [-0.39, 0.29) is 16.5 Å². The molecule has 2 atom stereocenters. The molecule has 0 radical (unpaired) electrons. The van der Waals surface area contributed by atoms with Crippen LogP contribution in [0.2, 0.25) is 5.04 Å². The molecule has 0 unspecified atom stereocenters. The Labute approximate surface area is 220 Å². The highest BCUT2D eigenvalue weighted by molar-refractivity contribution is 7.89. The summed E-state index contributed by atoms with van der Waals surface area (Å²) >= 11 is 0.